The van der Waals surface area contributed by atoms with E-state index in [4.69, 9.17) is 14.2 Å². The van der Waals surface area contributed by atoms with E-state index in [0.29, 0.717) is 5.75 Å². The van der Waals surface area contributed by atoms with Crippen molar-refractivity contribution in [2.24, 2.45) is 0 Å². The summed E-state index contributed by atoms with van der Waals surface area (Å²) >= 11 is 0. The van der Waals surface area contributed by atoms with Gasteiger partial charge in [0.25, 0.3) is 5.69 Å². The first-order valence-corrected chi connectivity index (χ1v) is 7.77. The number of rotatable bonds is 5. The van der Waals surface area contributed by atoms with Crippen LogP contribution in [0.2, 0.25) is 0 Å². The van der Waals surface area contributed by atoms with E-state index in [2.05, 4.69) is 0 Å². The predicted molar refractivity (Wildman–Crippen MR) is 89.1 cm³/mol. The van der Waals surface area contributed by atoms with Crippen LogP contribution in [0.1, 0.15) is 24.2 Å². The molecule has 1 unspecified atom stereocenters. The summed E-state index contributed by atoms with van der Waals surface area (Å²) in [5.41, 5.74) is -0.587. The Morgan fingerprint density at radius 3 is 2.52 bits per heavy atom. The lowest BCUT2D eigenvalue weighted by Crippen LogP contribution is -2.09. The number of hydrogen-bond acceptors (Lipinski definition) is 6. The number of hydrogen-bond donors (Lipinski definition) is 0. The van der Waals surface area contributed by atoms with E-state index < -0.39 is 28.6 Å². The van der Waals surface area contributed by atoms with Crippen molar-refractivity contribution >= 4 is 17.7 Å². The lowest BCUT2D eigenvalue weighted by atomic mass is 10.1. The number of nitrogens with zero attached hydrogens (tertiary/aromatic N) is 1. The van der Waals surface area contributed by atoms with Gasteiger partial charge >= 0.3 is 5.97 Å². The van der Waals surface area contributed by atoms with Gasteiger partial charge in [-0.15, -0.1) is 0 Å². The third-order valence-corrected chi connectivity index (χ3v) is 3.82. The summed E-state index contributed by atoms with van der Waals surface area (Å²) in [5.74, 6) is -2.08. The van der Waals surface area contributed by atoms with Crippen LogP contribution in [0.15, 0.2) is 36.4 Å². The first-order valence-electron chi connectivity index (χ1n) is 7.77. The van der Waals surface area contributed by atoms with Crippen LogP contribution in [0.3, 0.4) is 0 Å². The summed E-state index contributed by atoms with van der Waals surface area (Å²) < 4.78 is 42.7. The molecule has 3 rings (SSSR count). The SMILES string of the molecule is CC(OC(=O)/C=C/c1cc2c(cc1[N+](=O)[O-])OCO2)c1c(F)cccc1F. The van der Waals surface area contributed by atoms with Gasteiger partial charge < -0.3 is 14.2 Å². The van der Waals surface area contributed by atoms with Crippen LogP contribution in [-0.4, -0.2) is 17.7 Å². The Morgan fingerprint density at radius 2 is 1.89 bits per heavy atom. The lowest BCUT2D eigenvalue weighted by molar-refractivity contribution is -0.385. The minimum Gasteiger partial charge on any atom is -0.454 e. The van der Waals surface area contributed by atoms with Gasteiger partial charge in [0.1, 0.15) is 17.7 Å². The summed E-state index contributed by atoms with van der Waals surface area (Å²) in [6.07, 6.45) is 0.905. The molecular weight excluding hydrogens is 364 g/mol. The van der Waals surface area contributed by atoms with Crippen LogP contribution < -0.4 is 9.47 Å². The van der Waals surface area contributed by atoms with Crippen molar-refractivity contribution in [3.63, 3.8) is 0 Å². The van der Waals surface area contributed by atoms with Crippen molar-refractivity contribution in [2.75, 3.05) is 6.79 Å². The Bertz CT molecular complexity index is 923. The van der Waals surface area contributed by atoms with Crippen LogP contribution in [0, 0.1) is 21.7 Å². The summed E-state index contributed by atoms with van der Waals surface area (Å²) in [4.78, 5) is 22.5. The van der Waals surface area contributed by atoms with Gasteiger partial charge in [-0.05, 0) is 31.2 Å². The van der Waals surface area contributed by atoms with Gasteiger partial charge in [-0.2, -0.15) is 0 Å². The Balaban J connectivity index is 1.78. The second-order valence-corrected chi connectivity index (χ2v) is 5.57. The van der Waals surface area contributed by atoms with E-state index in [1.54, 1.807) is 0 Å². The van der Waals surface area contributed by atoms with E-state index in [1.165, 1.54) is 25.1 Å². The molecule has 0 bridgehead atoms. The number of nitro groups is 1. The Morgan fingerprint density at radius 1 is 1.26 bits per heavy atom. The van der Waals surface area contributed by atoms with Crippen molar-refractivity contribution in [2.45, 2.75) is 13.0 Å². The van der Waals surface area contributed by atoms with Crippen molar-refractivity contribution in [3.05, 3.63) is 69.3 Å². The van der Waals surface area contributed by atoms with Gasteiger partial charge in [0.05, 0.1) is 22.1 Å². The van der Waals surface area contributed by atoms with Gasteiger partial charge in [0.15, 0.2) is 11.5 Å². The number of esters is 1. The van der Waals surface area contributed by atoms with Crippen molar-refractivity contribution in [1.82, 2.24) is 0 Å². The quantitative estimate of drug-likeness (QED) is 0.340. The zero-order valence-corrected chi connectivity index (χ0v) is 14.0. The third-order valence-electron chi connectivity index (χ3n) is 3.82. The highest BCUT2D eigenvalue weighted by molar-refractivity contribution is 5.88. The van der Waals surface area contributed by atoms with E-state index in [0.717, 1.165) is 24.3 Å². The Kier molecular flexibility index (Phi) is 5.02. The molecule has 2 aromatic carbocycles. The van der Waals surface area contributed by atoms with Crippen molar-refractivity contribution in [3.8, 4) is 11.5 Å². The van der Waals surface area contributed by atoms with Gasteiger partial charge in [0.2, 0.25) is 6.79 Å². The molecule has 2 aromatic rings. The smallest absolute Gasteiger partial charge is 0.331 e. The molecular formula is C18H13F2NO6. The molecule has 27 heavy (non-hydrogen) atoms. The highest BCUT2D eigenvalue weighted by Gasteiger charge is 2.23. The minimum absolute atomic E-state index is 0.0621. The molecule has 9 heteroatoms. The maximum absolute atomic E-state index is 13.7. The summed E-state index contributed by atoms with van der Waals surface area (Å²) in [5, 5.41) is 11.2. The van der Waals surface area contributed by atoms with Crippen molar-refractivity contribution < 1.29 is 32.7 Å². The molecule has 140 valence electrons. The molecule has 0 aliphatic carbocycles. The third kappa shape index (κ3) is 3.86. The standard InChI is InChI=1S/C18H13F2NO6/c1-10(18-12(19)3-2-4-13(18)20)27-17(22)6-5-11-7-15-16(26-9-25-15)8-14(11)21(23)24/h2-8,10H,9H2,1H3/b6-5+. The zero-order chi connectivity index (χ0) is 19.6. The van der Waals surface area contributed by atoms with Crippen LogP contribution in [0.4, 0.5) is 14.5 Å². The number of carbonyl (C=O) groups is 1. The lowest BCUT2D eigenvalue weighted by Gasteiger charge is -2.13. The molecule has 0 radical (unpaired) electrons. The van der Waals surface area contributed by atoms with Crippen molar-refractivity contribution in [1.29, 1.82) is 0 Å². The maximum Gasteiger partial charge on any atom is 0.331 e. The molecule has 0 saturated heterocycles. The second-order valence-electron chi connectivity index (χ2n) is 5.57. The Labute approximate surface area is 151 Å². The normalized spacial score (nSPS) is 13.6. The van der Waals surface area contributed by atoms with Gasteiger partial charge in [-0.3, -0.25) is 10.1 Å². The first kappa shape index (κ1) is 18.3. The Hall–Kier alpha value is -3.49. The highest BCUT2D eigenvalue weighted by atomic mass is 19.1. The number of halogens is 2. The molecule has 7 nitrogen and oxygen atoms in total. The predicted octanol–water partition coefficient (Wildman–Crippen LogP) is 3.92. The summed E-state index contributed by atoms with van der Waals surface area (Å²) in [6.45, 7) is 1.25. The van der Waals surface area contributed by atoms with E-state index in [-0.39, 0.29) is 29.4 Å². The topological polar surface area (TPSA) is 87.9 Å². The number of benzene rings is 2. The molecule has 1 atom stereocenters. The number of ether oxygens (including phenoxy) is 3. The fourth-order valence-corrected chi connectivity index (χ4v) is 2.57. The van der Waals surface area contributed by atoms with Gasteiger partial charge in [0, 0.05) is 6.08 Å². The number of fused-ring (bicyclic) bond motifs is 1. The molecule has 0 aromatic heterocycles. The maximum atomic E-state index is 13.7. The first-order chi connectivity index (χ1) is 12.9. The fraction of sp³-hybridized carbons (Fsp3) is 0.167. The number of carbonyl (C=O) groups excluding carboxylic acids is 1. The fourth-order valence-electron chi connectivity index (χ4n) is 2.57. The van der Waals surface area contributed by atoms with Crippen LogP contribution in [0.25, 0.3) is 6.08 Å². The van der Waals surface area contributed by atoms with E-state index >= 15 is 0 Å². The molecule has 1 aliphatic rings. The molecule has 1 aliphatic heterocycles. The van der Waals surface area contributed by atoms with Gasteiger partial charge in [-0.1, -0.05) is 6.07 Å². The highest BCUT2D eigenvalue weighted by Crippen LogP contribution is 2.38. The average Bonchev–Trinajstić information content (AvgIpc) is 3.06. The zero-order valence-electron chi connectivity index (χ0n) is 14.0. The minimum atomic E-state index is -1.19. The average molecular weight is 377 g/mol. The van der Waals surface area contributed by atoms with Gasteiger partial charge in [-0.25, -0.2) is 13.6 Å². The molecule has 0 amide bonds. The largest absolute Gasteiger partial charge is 0.454 e. The van der Waals surface area contributed by atoms with Crippen LogP contribution in [-0.2, 0) is 9.53 Å². The monoisotopic (exact) mass is 377 g/mol. The molecule has 0 saturated carbocycles. The molecule has 0 fully saturated rings. The molecule has 1 heterocycles. The van der Waals surface area contributed by atoms with E-state index in [9.17, 15) is 23.7 Å². The summed E-state index contributed by atoms with van der Waals surface area (Å²) in [6, 6.07) is 5.83. The van der Waals surface area contributed by atoms with Crippen LogP contribution in [0.5, 0.6) is 11.5 Å². The molecule has 0 spiro atoms. The summed E-state index contributed by atoms with van der Waals surface area (Å²) in [7, 11) is 0. The van der Waals surface area contributed by atoms with E-state index in [1.807, 2.05) is 0 Å². The second kappa shape index (κ2) is 7.40. The number of nitro benzene ring substituents is 1. The van der Waals surface area contributed by atoms with Crippen LogP contribution >= 0.6 is 0 Å². The molecule has 0 N–H and O–H groups in total.